The van der Waals surface area contributed by atoms with E-state index in [9.17, 15) is 4.79 Å². The molecular formula is C7H14O7. The van der Waals surface area contributed by atoms with Gasteiger partial charge < -0.3 is 35.4 Å². The van der Waals surface area contributed by atoms with E-state index in [1.807, 2.05) is 0 Å². The summed E-state index contributed by atoms with van der Waals surface area (Å²) >= 11 is 0. The molecule has 0 aliphatic heterocycles. The topological polar surface area (TPSA) is 138 Å². The zero-order valence-corrected chi connectivity index (χ0v) is 7.26. The summed E-state index contributed by atoms with van der Waals surface area (Å²) in [4.78, 5) is 10.00. The fourth-order valence-electron chi connectivity index (χ4n) is 0.820. The van der Waals surface area contributed by atoms with E-state index in [0.29, 0.717) is 0 Å². The van der Waals surface area contributed by atoms with E-state index in [1.165, 1.54) is 0 Å². The van der Waals surface area contributed by atoms with Crippen LogP contribution >= 0.6 is 0 Å². The number of aliphatic hydroxyl groups is 6. The molecule has 0 aromatic carbocycles. The summed E-state index contributed by atoms with van der Waals surface area (Å²) in [6, 6.07) is 0. The Morgan fingerprint density at radius 1 is 0.929 bits per heavy atom. The first-order valence-electron chi connectivity index (χ1n) is 3.92. The molecule has 7 heteroatoms. The number of aldehydes is 1. The highest BCUT2D eigenvalue weighted by molar-refractivity contribution is 5.56. The van der Waals surface area contributed by atoms with Crippen LogP contribution in [0, 0.1) is 0 Å². The second-order valence-electron chi connectivity index (χ2n) is 2.85. The fraction of sp³-hybridized carbons (Fsp3) is 0.857. The van der Waals surface area contributed by atoms with Gasteiger partial charge in [0.1, 0.15) is 30.5 Å². The smallest absolute Gasteiger partial charge is 0.151 e. The molecule has 0 aliphatic rings. The minimum absolute atomic E-state index is 0.0219. The Labute approximate surface area is 79.9 Å². The third kappa shape index (κ3) is 3.29. The molecule has 84 valence electrons. The number of carbonyl (C=O) groups excluding carboxylic acids is 1. The minimum Gasteiger partial charge on any atom is -0.394 e. The van der Waals surface area contributed by atoms with Gasteiger partial charge in [0, 0.05) is 0 Å². The van der Waals surface area contributed by atoms with Crippen LogP contribution in [-0.4, -0.2) is 74.1 Å². The quantitative estimate of drug-likeness (QED) is 0.245. The molecule has 0 amide bonds. The van der Waals surface area contributed by atoms with Crippen LogP contribution < -0.4 is 0 Å². The molecule has 5 atom stereocenters. The highest BCUT2D eigenvalue weighted by Crippen LogP contribution is 2.07. The van der Waals surface area contributed by atoms with E-state index in [-0.39, 0.29) is 6.29 Å². The number of hydrogen-bond donors (Lipinski definition) is 6. The van der Waals surface area contributed by atoms with Crippen molar-refractivity contribution < 1.29 is 35.4 Å². The molecule has 0 radical (unpaired) electrons. The monoisotopic (exact) mass is 210 g/mol. The Balaban J connectivity index is 4.29. The summed E-state index contributed by atoms with van der Waals surface area (Å²) in [5.74, 6) is 0. The van der Waals surface area contributed by atoms with Gasteiger partial charge in [-0.05, 0) is 0 Å². The highest BCUT2D eigenvalue weighted by Gasteiger charge is 2.33. The van der Waals surface area contributed by atoms with Crippen molar-refractivity contribution in [3.63, 3.8) is 0 Å². The van der Waals surface area contributed by atoms with Crippen molar-refractivity contribution in [1.82, 2.24) is 0 Å². The SMILES string of the molecule is O=C[C@H](O)[C@@H](O)[C@H](O)C(O)C(O)CO. The van der Waals surface area contributed by atoms with Crippen LogP contribution in [0.1, 0.15) is 0 Å². The van der Waals surface area contributed by atoms with Crippen LogP contribution in [-0.2, 0) is 4.79 Å². The average Bonchev–Trinajstić information content (AvgIpc) is 2.23. The normalized spacial score (nSPS) is 22.1. The average molecular weight is 210 g/mol. The van der Waals surface area contributed by atoms with Gasteiger partial charge in [-0.2, -0.15) is 0 Å². The zero-order chi connectivity index (χ0) is 11.3. The van der Waals surface area contributed by atoms with E-state index in [1.54, 1.807) is 0 Å². The molecule has 14 heavy (non-hydrogen) atoms. The molecule has 0 heterocycles. The zero-order valence-electron chi connectivity index (χ0n) is 7.26. The van der Waals surface area contributed by atoms with Gasteiger partial charge in [0.25, 0.3) is 0 Å². The summed E-state index contributed by atoms with van der Waals surface area (Å²) in [5, 5.41) is 53.2. The van der Waals surface area contributed by atoms with Crippen LogP contribution in [0.4, 0.5) is 0 Å². The standard InChI is InChI=1S/C7H14O7/c8-1-3(10)5(12)7(14)6(13)4(11)2-9/h1,3-7,9-14H,2H2/t3-,4?,5+,6?,7-/m0/s1. The number of rotatable bonds is 6. The van der Waals surface area contributed by atoms with Crippen molar-refractivity contribution in [3.8, 4) is 0 Å². The number of aliphatic hydroxyl groups excluding tert-OH is 6. The van der Waals surface area contributed by atoms with Crippen LogP contribution in [0.3, 0.4) is 0 Å². The largest absolute Gasteiger partial charge is 0.394 e. The van der Waals surface area contributed by atoms with Gasteiger partial charge in [0.05, 0.1) is 6.61 Å². The maximum atomic E-state index is 10.00. The lowest BCUT2D eigenvalue weighted by Crippen LogP contribution is -2.50. The lowest BCUT2D eigenvalue weighted by atomic mass is 10.0. The molecule has 0 spiro atoms. The van der Waals surface area contributed by atoms with Gasteiger partial charge in [-0.1, -0.05) is 0 Å². The van der Waals surface area contributed by atoms with E-state index in [4.69, 9.17) is 30.6 Å². The summed E-state index contributed by atoms with van der Waals surface area (Å²) in [6.45, 7) is -0.817. The predicted molar refractivity (Wildman–Crippen MR) is 43.2 cm³/mol. The van der Waals surface area contributed by atoms with Crippen molar-refractivity contribution in [2.45, 2.75) is 30.5 Å². The maximum absolute atomic E-state index is 10.00. The molecule has 6 N–H and O–H groups in total. The molecule has 0 saturated heterocycles. The second kappa shape index (κ2) is 6.02. The Kier molecular flexibility index (Phi) is 5.77. The first kappa shape index (κ1) is 13.4. The lowest BCUT2D eigenvalue weighted by Gasteiger charge is -2.26. The molecule has 0 saturated carbocycles. The van der Waals surface area contributed by atoms with Crippen molar-refractivity contribution in [2.75, 3.05) is 6.61 Å². The van der Waals surface area contributed by atoms with Gasteiger partial charge in [-0.25, -0.2) is 0 Å². The molecule has 0 rings (SSSR count). The van der Waals surface area contributed by atoms with Crippen molar-refractivity contribution in [2.24, 2.45) is 0 Å². The number of hydrogen-bond acceptors (Lipinski definition) is 7. The number of carbonyl (C=O) groups is 1. The van der Waals surface area contributed by atoms with Gasteiger partial charge >= 0.3 is 0 Å². The third-order valence-corrected chi connectivity index (χ3v) is 1.77. The molecule has 0 aliphatic carbocycles. The van der Waals surface area contributed by atoms with Crippen molar-refractivity contribution in [1.29, 1.82) is 0 Å². The minimum atomic E-state index is -1.92. The van der Waals surface area contributed by atoms with Crippen LogP contribution in [0.5, 0.6) is 0 Å². The van der Waals surface area contributed by atoms with Crippen LogP contribution in [0.15, 0.2) is 0 Å². The Morgan fingerprint density at radius 2 is 1.43 bits per heavy atom. The van der Waals surface area contributed by atoms with Crippen LogP contribution in [0.25, 0.3) is 0 Å². The first-order chi connectivity index (χ1) is 6.45. The van der Waals surface area contributed by atoms with Gasteiger partial charge in [-0.15, -0.1) is 0 Å². The highest BCUT2D eigenvalue weighted by atomic mass is 16.4. The molecule has 0 fully saturated rings. The van der Waals surface area contributed by atoms with E-state index in [2.05, 4.69) is 0 Å². The molecule has 0 aromatic heterocycles. The van der Waals surface area contributed by atoms with Gasteiger partial charge in [0.15, 0.2) is 6.29 Å². The molecule has 0 bridgehead atoms. The van der Waals surface area contributed by atoms with Crippen molar-refractivity contribution >= 4 is 6.29 Å². The molecular weight excluding hydrogens is 196 g/mol. The second-order valence-corrected chi connectivity index (χ2v) is 2.85. The van der Waals surface area contributed by atoms with E-state index >= 15 is 0 Å². The summed E-state index contributed by atoms with van der Waals surface area (Å²) in [6.07, 6.45) is -9.21. The first-order valence-corrected chi connectivity index (χ1v) is 3.92. The fourth-order valence-corrected chi connectivity index (χ4v) is 0.820. The molecule has 0 aromatic rings. The summed E-state index contributed by atoms with van der Waals surface area (Å²) < 4.78 is 0. The molecule has 7 nitrogen and oxygen atoms in total. The Bertz CT molecular complexity index is 173. The van der Waals surface area contributed by atoms with Crippen molar-refractivity contribution in [3.05, 3.63) is 0 Å². The summed E-state index contributed by atoms with van der Waals surface area (Å²) in [7, 11) is 0. The Hall–Kier alpha value is -0.570. The van der Waals surface area contributed by atoms with E-state index < -0.39 is 37.1 Å². The lowest BCUT2D eigenvalue weighted by molar-refractivity contribution is -0.147. The van der Waals surface area contributed by atoms with Gasteiger partial charge in [0.2, 0.25) is 0 Å². The summed E-state index contributed by atoms with van der Waals surface area (Å²) in [5.41, 5.74) is 0. The maximum Gasteiger partial charge on any atom is 0.151 e. The van der Waals surface area contributed by atoms with E-state index in [0.717, 1.165) is 0 Å². The Morgan fingerprint density at radius 3 is 1.79 bits per heavy atom. The van der Waals surface area contributed by atoms with Crippen LogP contribution in [0.2, 0.25) is 0 Å². The van der Waals surface area contributed by atoms with Gasteiger partial charge in [-0.3, -0.25) is 0 Å². The molecule has 2 unspecified atom stereocenters. The third-order valence-electron chi connectivity index (χ3n) is 1.77. The predicted octanol–water partition coefficient (Wildman–Crippen LogP) is -4.02.